The molecule has 23 heavy (non-hydrogen) atoms. The standard InChI is InChI=1S/C17H25FN2O3/c1-12(8-14-4-3-5-15(18)10-14)19-17(22)20-6-7-23-11-16(20)9-13(2)21/h3-5,10,12-13,16,21H,6-9,11H2,1-2H3,(H,19,22)/t12-,13-,16+/m0/s1. The van der Waals surface area contributed by atoms with E-state index in [1.165, 1.54) is 12.1 Å². The topological polar surface area (TPSA) is 61.8 Å². The second-order valence-electron chi connectivity index (χ2n) is 6.19. The molecule has 1 aromatic carbocycles. The zero-order valence-electron chi connectivity index (χ0n) is 13.7. The molecule has 0 aliphatic carbocycles. The molecule has 2 amide bonds. The molecule has 1 saturated heterocycles. The van der Waals surface area contributed by atoms with Crippen LogP contribution in [0.25, 0.3) is 0 Å². The van der Waals surface area contributed by atoms with Gasteiger partial charge >= 0.3 is 6.03 Å². The number of aliphatic hydroxyl groups excluding tert-OH is 1. The van der Waals surface area contributed by atoms with Crippen molar-refractivity contribution in [3.05, 3.63) is 35.6 Å². The number of rotatable bonds is 5. The van der Waals surface area contributed by atoms with Gasteiger partial charge in [-0.3, -0.25) is 0 Å². The molecule has 0 unspecified atom stereocenters. The fraction of sp³-hybridized carbons (Fsp3) is 0.588. The van der Waals surface area contributed by atoms with E-state index in [1.54, 1.807) is 17.9 Å². The lowest BCUT2D eigenvalue weighted by atomic mass is 10.1. The maximum Gasteiger partial charge on any atom is 0.318 e. The van der Waals surface area contributed by atoms with E-state index in [-0.39, 0.29) is 23.9 Å². The second kappa shape index (κ2) is 8.26. The number of carbonyl (C=O) groups is 1. The number of hydrogen-bond donors (Lipinski definition) is 2. The maximum absolute atomic E-state index is 13.2. The lowest BCUT2D eigenvalue weighted by Crippen LogP contribution is -2.54. The van der Waals surface area contributed by atoms with Crippen LogP contribution in [-0.2, 0) is 11.2 Å². The van der Waals surface area contributed by atoms with E-state index in [9.17, 15) is 14.3 Å². The third-order valence-electron chi connectivity index (χ3n) is 3.90. The van der Waals surface area contributed by atoms with E-state index >= 15 is 0 Å². The summed E-state index contributed by atoms with van der Waals surface area (Å²) in [5, 5.41) is 12.5. The van der Waals surface area contributed by atoms with Crippen molar-refractivity contribution >= 4 is 6.03 Å². The number of nitrogens with one attached hydrogen (secondary N) is 1. The largest absolute Gasteiger partial charge is 0.393 e. The quantitative estimate of drug-likeness (QED) is 0.870. The fourth-order valence-electron chi connectivity index (χ4n) is 2.87. The average Bonchev–Trinajstić information content (AvgIpc) is 2.46. The predicted molar refractivity (Wildman–Crippen MR) is 85.7 cm³/mol. The van der Waals surface area contributed by atoms with Crippen LogP contribution in [0.3, 0.4) is 0 Å². The summed E-state index contributed by atoms with van der Waals surface area (Å²) in [5.74, 6) is -0.272. The van der Waals surface area contributed by atoms with Gasteiger partial charge < -0.3 is 20.1 Å². The molecule has 0 bridgehead atoms. The summed E-state index contributed by atoms with van der Waals surface area (Å²) in [5.41, 5.74) is 0.848. The minimum absolute atomic E-state index is 0.112. The Bertz CT molecular complexity index is 524. The molecular weight excluding hydrogens is 299 g/mol. The number of aliphatic hydroxyl groups is 1. The highest BCUT2D eigenvalue weighted by Crippen LogP contribution is 2.14. The van der Waals surface area contributed by atoms with Crippen LogP contribution in [0.4, 0.5) is 9.18 Å². The number of morpholine rings is 1. The van der Waals surface area contributed by atoms with Gasteiger partial charge in [-0.2, -0.15) is 0 Å². The van der Waals surface area contributed by atoms with Crippen molar-refractivity contribution in [3.8, 4) is 0 Å². The van der Waals surface area contributed by atoms with E-state index in [4.69, 9.17) is 4.74 Å². The summed E-state index contributed by atoms with van der Waals surface area (Å²) >= 11 is 0. The van der Waals surface area contributed by atoms with Crippen molar-refractivity contribution in [2.24, 2.45) is 0 Å². The minimum Gasteiger partial charge on any atom is -0.393 e. The van der Waals surface area contributed by atoms with Crippen molar-refractivity contribution < 1.29 is 19.0 Å². The second-order valence-corrected chi connectivity index (χ2v) is 6.19. The molecule has 0 radical (unpaired) electrons. The molecular formula is C17H25FN2O3. The zero-order chi connectivity index (χ0) is 16.8. The van der Waals surface area contributed by atoms with Crippen molar-refractivity contribution in [1.82, 2.24) is 10.2 Å². The molecule has 0 saturated carbocycles. The van der Waals surface area contributed by atoms with Gasteiger partial charge in [-0.25, -0.2) is 9.18 Å². The van der Waals surface area contributed by atoms with Crippen LogP contribution in [0.5, 0.6) is 0 Å². The third-order valence-corrected chi connectivity index (χ3v) is 3.90. The molecule has 6 heteroatoms. The minimum atomic E-state index is -0.485. The average molecular weight is 324 g/mol. The van der Waals surface area contributed by atoms with Crippen molar-refractivity contribution in [2.75, 3.05) is 19.8 Å². The molecule has 1 heterocycles. The monoisotopic (exact) mass is 324 g/mol. The molecule has 2 rings (SSSR count). The van der Waals surface area contributed by atoms with Crippen LogP contribution in [-0.4, -0.2) is 54.0 Å². The lowest BCUT2D eigenvalue weighted by Gasteiger charge is -2.37. The van der Waals surface area contributed by atoms with Gasteiger partial charge in [-0.05, 0) is 44.4 Å². The first kappa shape index (κ1) is 17.7. The highest BCUT2D eigenvalue weighted by molar-refractivity contribution is 5.75. The molecule has 0 aromatic heterocycles. The van der Waals surface area contributed by atoms with E-state index in [0.717, 1.165) is 5.56 Å². The highest BCUT2D eigenvalue weighted by atomic mass is 19.1. The molecule has 1 fully saturated rings. The smallest absolute Gasteiger partial charge is 0.318 e. The number of ether oxygens (including phenoxy) is 1. The lowest BCUT2D eigenvalue weighted by molar-refractivity contribution is -0.00471. The van der Waals surface area contributed by atoms with Crippen LogP contribution < -0.4 is 5.32 Å². The van der Waals surface area contributed by atoms with Crippen molar-refractivity contribution in [1.29, 1.82) is 0 Å². The number of urea groups is 1. The molecule has 128 valence electrons. The van der Waals surface area contributed by atoms with Gasteiger partial charge in [0.05, 0.1) is 25.4 Å². The number of nitrogens with zero attached hydrogens (tertiary/aromatic N) is 1. The Balaban J connectivity index is 1.91. The highest BCUT2D eigenvalue weighted by Gasteiger charge is 2.28. The Labute approximate surface area is 136 Å². The molecule has 1 aliphatic rings. The summed E-state index contributed by atoms with van der Waals surface area (Å²) in [6, 6.07) is 6.00. The van der Waals surface area contributed by atoms with Gasteiger partial charge in [0.2, 0.25) is 0 Å². The Morgan fingerprint density at radius 3 is 3.00 bits per heavy atom. The Kier molecular flexibility index (Phi) is 6.36. The fourth-order valence-corrected chi connectivity index (χ4v) is 2.87. The predicted octanol–water partition coefficient (Wildman–Crippen LogP) is 1.94. The number of hydrogen-bond acceptors (Lipinski definition) is 3. The number of amides is 2. The van der Waals surface area contributed by atoms with E-state index in [1.807, 2.05) is 13.0 Å². The van der Waals surface area contributed by atoms with Crippen LogP contribution in [0.15, 0.2) is 24.3 Å². The van der Waals surface area contributed by atoms with Crippen LogP contribution in [0.1, 0.15) is 25.8 Å². The molecule has 1 aromatic rings. The SMILES string of the molecule is C[C@H](O)C[C@@H]1COCCN1C(=O)N[C@@H](C)Cc1cccc(F)c1. The number of carbonyl (C=O) groups excluding carboxylic acids is 1. The number of benzene rings is 1. The van der Waals surface area contributed by atoms with Crippen molar-refractivity contribution in [3.63, 3.8) is 0 Å². The molecule has 0 spiro atoms. The Hall–Kier alpha value is -1.66. The van der Waals surface area contributed by atoms with E-state index < -0.39 is 6.10 Å². The first-order chi connectivity index (χ1) is 11.0. The molecule has 3 atom stereocenters. The molecule has 2 N–H and O–H groups in total. The zero-order valence-corrected chi connectivity index (χ0v) is 13.7. The van der Waals surface area contributed by atoms with Crippen molar-refractivity contribution in [2.45, 2.75) is 44.9 Å². The van der Waals surface area contributed by atoms with Gasteiger partial charge in [-0.1, -0.05) is 12.1 Å². The van der Waals surface area contributed by atoms with Crippen LogP contribution in [0, 0.1) is 5.82 Å². The van der Waals surface area contributed by atoms with Crippen LogP contribution >= 0.6 is 0 Å². The van der Waals surface area contributed by atoms with Gasteiger partial charge in [0.25, 0.3) is 0 Å². The first-order valence-electron chi connectivity index (χ1n) is 8.03. The van der Waals surface area contributed by atoms with Gasteiger partial charge in [0.1, 0.15) is 5.82 Å². The Morgan fingerprint density at radius 2 is 2.30 bits per heavy atom. The normalized spacial score (nSPS) is 20.9. The molecule has 1 aliphatic heterocycles. The van der Waals surface area contributed by atoms with Gasteiger partial charge in [0, 0.05) is 12.6 Å². The Morgan fingerprint density at radius 1 is 1.52 bits per heavy atom. The summed E-state index contributed by atoms with van der Waals surface area (Å²) < 4.78 is 18.6. The first-order valence-corrected chi connectivity index (χ1v) is 8.03. The summed E-state index contributed by atoms with van der Waals surface area (Å²) in [6.07, 6.45) is 0.572. The maximum atomic E-state index is 13.2. The third kappa shape index (κ3) is 5.48. The summed E-state index contributed by atoms with van der Waals surface area (Å²) in [7, 11) is 0. The van der Waals surface area contributed by atoms with Crippen LogP contribution in [0.2, 0.25) is 0 Å². The number of halogens is 1. The van der Waals surface area contributed by atoms with E-state index in [0.29, 0.717) is 32.6 Å². The van der Waals surface area contributed by atoms with E-state index in [2.05, 4.69) is 5.32 Å². The van der Waals surface area contributed by atoms with Gasteiger partial charge in [-0.15, -0.1) is 0 Å². The molecule has 5 nitrogen and oxygen atoms in total. The summed E-state index contributed by atoms with van der Waals surface area (Å²) in [4.78, 5) is 14.2. The summed E-state index contributed by atoms with van der Waals surface area (Å²) in [6.45, 7) is 5.05. The van der Waals surface area contributed by atoms with Gasteiger partial charge in [0.15, 0.2) is 0 Å².